The average Bonchev–Trinajstić information content (AvgIpc) is 3.20. The number of amides is 1. The zero-order valence-corrected chi connectivity index (χ0v) is 23.6. The van der Waals surface area contributed by atoms with Gasteiger partial charge in [-0.3, -0.25) is 14.4 Å². The summed E-state index contributed by atoms with van der Waals surface area (Å²) < 4.78 is 10.7. The molecule has 1 amide bonds. The molecular formula is C25H35N3O10S. The van der Waals surface area contributed by atoms with E-state index in [2.05, 4.69) is 9.88 Å². The van der Waals surface area contributed by atoms with Crippen molar-refractivity contribution in [3.8, 4) is 22.8 Å². The number of aliphatic carboxylic acids is 3. The fraction of sp³-hybridized carbons (Fsp3) is 0.480. The molecule has 0 saturated heterocycles. The van der Waals surface area contributed by atoms with Crippen LogP contribution in [0.25, 0.3) is 11.3 Å². The van der Waals surface area contributed by atoms with Crippen molar-refractivity contribution in [2.75, 3.05) is 48.5 Å². The normalized spacial score (nSPS) is 10.9. The van der Waals surface area contributed by atoms with E-state index >= 15 is 0 Å². The Morgan fingerprint density at radius 1 is 0.949 bits per heavy atom. The van der Waals surface area contributed by atoms with Gasteiger partial charge in [-0.2, -0.15) is 0 Å². The van der Waals surface area contributed by atoms with Gasteiger partial charge in [-0.05, 0) is 39.2 Å². The van der Waals surface area contributed by atoms with E-state index in [0.29, 0.717) is 24.5 Å². The van der Waals surface area contributed by atoms with Crippen molar-refractivity contribution in [1.29, 1.82) is 0 Å². The molecule has 1 heterocycles. The maximum Gasteiger partial charge on any atom is 0.336 e. The monoisotopic (exact) mass is 569 g/mol. The van der Waals surface area contributed by atoms with Gasteiger partial charge in [0.05, 0.1) is 44.2 Å². The number of methoxy groups -OCH3 is 2. The number of likely N-dealkylation sites (N-methyl/N-ethyl adjacent to an activating group) is 2. The number of hydrogen-bond donors (Lipinski definition) is 4. The molecule has 14 heteroatoms. The third-order valence-corrected chi connectivity index (χ3v) is 6.34. The number of benzene rings is 1. The van der Waals surface area contributed by atoms with Crippen LogP contribution in [0.5, 0.6) is 11.5 Å². The van der Waals surface area contributed by atoms with Crippen molar-refractivity contribution < 1.29 is 49.1 Å². The molecule has 1 aromatic heterocycles. The number of aromatic nitrogens is 1. The minimum absolute atomic E-state index is 0.0947. The number of carbonyl (C=O) groups is 4. The largest absolute Gasteiger partial charge is 0.493 e. The van der Waals surface area contributed by atoms with Gasteiger partial charge in [0, 0.05) is 30.6 Å². The van der Waals surface area contributed by atoms with Crippen LogP contribution >= 0.6 is 11.3 Å². The zero-order valence-electron chi connectivity index (χ0n) is 22.8. The Hall–Kier alpha value is -3.75. The minimum atomic E-state index is -2.74. The first-order valence-corrected chi connectivity index (χ1v) is 12.4. The number of hydrogen-bond acceptors (Lipinski definition) is 10. The second-order valence-electron chi connectivity index (χ2n) is 8.85. The van der Waals surface area contributed by atoms with E-state index in [9.17, 15) is 19.2 Å². The number of aryl methyl sites for hydroxylation is 1. The van der Waals surface area contributed by atoms with Gasteiger partial charge in [0.15, 0.2) is 17.1 Å². The van der Waals surface area contributed by atoms with E-state index in [4.69, 9.17) is 29.9 Å². The number of carboxylic acid groups (broad SMARTS) is 3. The number of thiazole rings is 1. The number of carboxylic acids is 3. The molecule has 13 nitrogen and oxygen atoms in total. The van der Waals surface area contributed by atoms with E-state index in [1.165, 1.54) is 0 Å². The highest BCUT2D eigenvalue weighted by atomic mass is 32.1. The predicted octanol–water partition coefficient (Wildman–Crippen LogP) is 1.45. The summed E-state index contributed by atoms with van der Waals surface area (Å²) in [5.74, 6) is -3.60. The highest BCUT2D eigenvalue weighted by molar-refractivity contribution is 7.12. The molecule has 1 aromatic carbocycles. The zero-order chi connectivity index (χ0) is 29.9. The second-order valence-corrected chi connectivity index (χ2v) is 10.1. The maximum absolute atomic E-state index is 12.6. The van der Waals surface area contributed by atoms with Crippen molar-refractivity contribution in [2.45, 2.75) is 31.8 Å². The van der Waals surface area contributed by atoms with Gasteiger partial charge in [0.1, 0.15) is 0 Å². The number of aliphatic hydroxyl groups is 1. The lowest BCUT2D eigenvalue weighted by atomic mass is 9.96. The lowest BCUT2D eigenvalue weighted by Crippen LogP contribution is -2.42. The van der Waals surface area contributed by atoms with Gasteiger partial charge < -0.3 is 39.7 Å². The van der Waals surface area contributed by atoms with Crippen LogP contribution in [-0.2, 0) is 25.6 Å². The number of nitrogens with zero attached hydrogens (tertiary/aromatic N) is 3. The van der Waals surface area contributed by atoms with Crippen molar-refractivity contribution in [2.24, 2.45) is 0 Å². The Morgan fingerprint density at radius 3 is 1.97 bits per heavy atom. The first-order valence-electron chi connectivity index (χ1n) is 11.6. The fourth-order valence-electron chi connectivity index (χ4n) is 3.26. The summed E-state index contributed by atoms with van der Waals surface area (Å²) in [6.45, 7) is 3.50. The summed E-state index contributed by atoms with van der Waals surface area (Å²) >= 11 is 1.56. The number of rotatable bonds is 13. The van der Waals surface area contributed by atoms with Gasteiger partial charge in [0.2, 0.25) is 5.91 Å². The molecule has 0 bridgehead atoms. The topological polar surface area (TPSA) is 187 Å². The molecule has 2 rings (SSSR count). The molecule has 0 unspecified atom stereocenters. The fourth-order valence-corrected chi connectivity index (χ4v) is 4.21. The molecule has 0 radical (unpaired) electrons. The minimum Gasteiger partial charge on any atom is -0.493 e. The molecule has 39 heavy (non-hydrogen) atoms. The van der Waals surface area contributed by atoms with Crippen LogP contribution in [0.4, 0.5) is 0 Å². The van der Waals surface area contributed by atoms with Crippen LogP contribution in [0.1, 0.15) is 22.7 Å². The van der Waals surface area contributed by atoms with Crippen molar-refractivity contribution in [3.63, 3.8) is 0 Å². The van der Waals surface area contributed by atoms with Gasteiger partial charge in [-0.15, -0.1) is 11.3 Å². The Bertz CT molecular complexity index is 1150. The maximum atomic E-state index is 12.6. The molecule has 0 saturated carbocycles. The molecule has 2 aromatic rings. The summed E-state index contributed by atoms with van der Waals surface area (Å²) in [4.78, 5) is 52.5. The van der Waals surface area contributed by atoms with Crippen molar-refractivity contribution in [3.05, 3.63) is 28.1 Å². The lowest BCUT2D eigenvalue weighted by Gasteiger charge is -2.19. The Morgan fingerprint density at radius 2 is 1.51 bits per heavy atom. The SMILES string of the molecule is COc1ccc(-c2nc(C)sc2CC(=O)N(C)CCN(C)C)cc1OC.O=C(O)CC(O)(CC(=O)O)C(=O)O. The summed E-state index contributed by atoms with van der Waals surface area (Å²) in [5.41, 5.74) is -0.981. The molecular weight excluding hydrogens is 534 g/mol. The Balaban J connectivity index is 0.000000495. The molecule has 4 N–H and O–H groups in total. The van der Waals surface area contributed by atoms with Crippen LogP contribution in [0.2, 0.25) is 0 Å². The third-order valence-electron chi connectivity index (χ3n) is 5.37. The summed E-state index contributed by atoms with van der Waals surface area (Å²) in [6.07, 6.45) is -1.94. The molecule has 0 aliphatic carbocycles. The standard InChI is InChI=1S/C19H27N3O3S.C6H8O7/c1-13-20-19(14-7-8-15(24-5)16(11-14)25-6)17(26-13)12-18(23)22(4)10-9-21(2)3;7-3(8)1-6(13,5(11)12)2-4(9)10/h7-8,11H,9-10,12H2,1-6H3;13H,1-2H2,(H,7,8)(H,9,10)(H,11,12). The molecule has 0 aliphatic heterocycles. The summed E-state index contributed by atoms with van der Waals surface area (Å²) in [7, 11) is 9.06. The van der Waals surface area contributed by atoms with Gasteiger partial charge in [-0.25, -0.2) is 9.78 Å². The van der Waals surface area contributed by atoms with Gasteiger partial charge >= 0.3 is 17.9 Å². The van der Waals surface area contributed by atoms with Crippen LogP contribution < -0.4 is 9.47 Å². The van der Waals surface area contributed by atoms with Crippen LogP contribution in [0, 0.1) is 6.92 Å². The van der Waals surface area contributed by atoms with E-state index in [0.717, 1.165) is 27.7 Å². The molecule has 0 atom stereocenters. The van der Waals surface area contributed by atoms with Gasteiger partial charge in [0.25, 0.3) is 0 Å². The average molecular weight is 570 g/mol. The van der Waals surface area contributed by atoms with Gasteiger partial charge in [-0.1, -0.05) is 0 Å². The first kappa shape index (κ1) is 33.3. The summed E-state index contributed by atoms with van der Waals surface area (Å²) in [5, 5.41) is 34.7. The predicted molar refractivity (Wildman–Crippen MR) is 142 cm³/mol. The van der Waals surface area contributed by atoms with Crippen LogP contribution in [0.3, 0.4) is 0 Å². The highest BCUT2D eigenvalue weighted by Crippen LogP contribution is 2.35. The van der Waals surface area contributed by atoms with E-state index in [1.807, 2.05) is 46.3 Å². The van der Waals surface area contributed by atoms with E-state index < -0.39 is 36.4 Å². The Kier molecular flexibility index (Phi) is 12.8. The Labute approximate surface area is 230 Å². The second kappa shape index (κ2) is 15.0. The highest BCUT2D eigenvalue weighted by Gasteiger charge is 2.40. The van der Waals surface area contributed by atoms with Crippen LogP contribution in [-0.4, -0.2) is 113 Å². The molecule has 0 aliphatic rings. The smallest absolute Gasteiger partial charge is 0.336 e. The summed E-state index contributed by atoms with van der Waals surface area (Å²) in [6, 6.07) is 5.70. The molecule has 0 spiro atoms. The molecule has 216 valence electrons. The number of carbonyl (C=O) groups excluding carboxylic acids is 1. The molecule has 0 fully saturated rings. The third kappa shape index (κ3) is 10.5. The quantitative estimate of drug-likeness (QED) is 0.272. The van der Waals surface area contributed by atoms with Crippen molar-refractivity contribution >= 4 is 35.2 Å². The lowest BCUT2D eigenvalue weighted by molar-refractivity contribution is -0.170. The first-order chi connectivity index (χ1) is 18.1. The van der Waals surface area contributed by atoms with Crippen molar-refractivity contribution in [1.82, 2.24) is 14.8 Å². The van der Waals surface area contributed by atoms with E-state index in [-0.39, 0.29) is 5.91 Å². The number of ether oxygens (including phenoxy) is 2. The van der Waals surface area contributed by atoms with Crippen LogP contribution in [0.15, 0.2) is 18.2 Å². The van der Waals surface area contributed by atoms with E-state index in [1.54, 1.807) is 30.5 Å².